The summed E-state index contributed by atoms with van der Waals surface area (Å²) < 4.78 is 5.70. The molecule has 1 aromatic rings. The van der Waals surface area contributed by atoms with Crippen molar-refractivity contribution in [1.82, 2.24) is 0 Å². The molecule has 1 amide bonds. The van der Waals surface area contributed by atoms with E-state index in [1.54, 1.807) is 18.2 Å². The number of rotatable bonds is 7. The monoisotopic (exact) mass is 291 g/mol. The molecular formula is C17H25NO3. The van der Waals surface area contributed by atoms with Crippen LogP contribution in [0.15, 0.2) is 18.2 Å². The van der Waals surface area contributed by atoms with E-state index in [-0.39, 0.29) is 11.7 Å². The van der Waals surface area contributed by atoms with Crippen molar-refractivity contribution in [3.8, 4) is 11.5 Å². The summed E-state index contributed by atoms with van der Waals surface area (Å²) in [5.41, 5.74) is 0.776. The van der Waals surface area contributed by atoms with Gasteiger partial charge in [0.1, 0.15) is 11.5 Å². The minimum absolute atomic E-state index is 0.0335. The maximum atomic E-state index is 12.5. The highest BCUT2D eigenvalue weighted by molar-refractivity contribution is 6.00. The molecule has 4 heteroatoms. The van der Waals surface area contributed by atoms with Crippen molar-refractivity contribution in [2.75, 3.05) is 11.4 Å². The second-order valence-corrected chi connectivity index (χ2v) is 5.57. The number of benzene rings is 1. The minimum atomic E-state index is -0.435. The van der Waals surface area contributed by atoms with Gasteiger partial charge >= 0.3 is 0 Å². The lowest BCUT2D eigenvalue weighted by atomic mass is 10.1. The summed E-state index contributed by atoms with van der Waals surface area (Å²) in [5, 5.41) is 9.59. The second-order valence-electron chi connectivity index (χ2n) is 5.57. The molecule has 1 heterocycles. The first-order valence-electron chi connectivity index (χ1n) is 7.98. The van der Waals surface area contributed by atoms with Crippen LogP contribution in [0.2, 0.25) is 0 Å². The number of aromatic hydroxyl groups is 1. The van der Waals surface area contributed by atoms with E-state index < -0.39 is 6.10 Å². The molecule has 1 unspecified atom stereocenters. The topological polar surface area (TPSA) is 49.8 Å². The van der Waals surface area contributed by atoms with E-state index in [1.165, 1.54) is 19.3 Å². The Morgan fingerprint density at radius 1 is 1.19 bits per heavy atom. The molecule has 0 saturated carbocycles. The van der Waals surface area contributed by atoms with Gasteiger partial charge in [-0.3, -0.25) is 4.79 Å². The Morgan fingerprint density at radius 2 is 1.95 bits per heavy atom. The molecule has 0 spiro atoms. The molecule has 0 bridgehead atoms. The molecule has 0 aliphatic carbocycles. The minimum Gasteiger partial charge on any atom is -0.508 e. The molecule has 1 atom stereocenters. The average Bonchev–Trinajstić information content (AvgIpc) is 2.48. The standard InChI is InChI=1S/C17H25NO3/c1-3-5-6-7-8-11-18-14-10-9-13(19)12-16(14)21-15(4-2)17(18)20/h9-10,12,15,19H,3-8,11H2,1-2H3. The average molecular weight is 291 g/mol. The molecule has 1 aliphatic rings. The van der Waals surface area contributed by atoms with Gasteiger partial charge < -0.3 is 14.7 Å². The number of anilines is 1. The second kappa shape index (κ2) is 7.34. The van der Waals surface area contributed by atoms with Crippen molar-refractivity contribution < 1.29 is 14.6 Å². The van der Waals surface area contributed by atoms with Crippen molar-refractivity contribution in [2.24, 2.45) is 0 Å². The van der Waals surface area contributed by atoms with Crippen molar-refractivity contribution in [2.45, 2.75) is 58.5 Å². The molecule has 0 saturated heterocycles. The zero-order chi connectivity index (χ0) is 15.2. The van der Waals surface area contributed by atoms with Gasteiger partial charge in [-0.15, -0.1) is 0 Å². The van der Waals surface area contributed by atoms with Crippen molar-refractivity contribution in [1.29, 1.82) is 0 Å². The molecule has 2 rings (SSSR count). The molecule has 21 heavy (non-hydrogen) atoms. The summed E-state index contributed by atoms with van der Waals surface area (Å²) in [6, 6.07) is 4.96. The molecule has 0 radical (unpaired) electrons. The van der Waals surface area contributed by atoms with Crippen LogP contribution in [0.5, 0.6) is 11.5 Å². The summed E-state index contributed by atoms with van der Waals surface area (Å²) in [4.78, 5) is 14.3. The molecule has 1 aliphatic heterocycles. The van der Waals surface area contributed by atoms with E-state index >= 15 is 0 Å². The zero-order valence-corrected chi connectivity index (χ0v) is 13.0. The fourth-order valence-electron chi connectivity index (χ4n) is 2.68. The van der Waals surface area contributed by atoms with Gasteiger partial charge in [-0.25, -0.2) is 0 Å². The smallest absolute Gasteiger partial charge is 0.268 e. The van der Waals surface area contributed by atoms with E-state index in [1.807, 2.05) is 11.8 Å². The molecule has 0 fully saturated rings. The summed E-state index contributed by atoms with van der Waals surface area (Å²) >= 11 is 0. The fourth-order valence-corrected chi connectivity index (χ4v) is 2.68. The van der Waals surface area contributed by atoms with Gasteiger partial charge in [0.2, 0.25) is 0 Å². The van der Waals surface area contributed by atoms with Gasteiger partial charge in [0.05, 0.1) is 5.69 Å². The van der Waals surface area contributed by atoms with Crippen LogP contribution >= 0.6 is 0 Å². The number of nitrogens with zero attached hydrogens (tertiary/aromatic N) is 1. The Labute approximate surface area is 126 Å². The van der Waals surface area contributed by atoms with Gasteiger partial charge in [-0.05, 0) is 25.0 Å². The summed E-state index contributed by atoms with van der Waals surface area (Å²) in [7, 11) is 0. The van der Waals surface area contributed by atoms with Crippen LogP contribution in [0.1, 0.15) is 52.4 Å². The normalized spacial score (nSPS) is 17.5. The molecule has 1 N–H and O–H groups in total. The Bertz CT molecular complexity index is 487. The highest BCUT2D eigenvalue weighted by atomic mass is 16.5. The van der Waals surface area contributed by atoms with E-state index in [0.717, 1.165) is 25.1 Å². The van der Waals surface area contributed by atoms with E-state index in [0.29, 0.717) is 12.2 Å². The Kier molecular flexibility index (Phi) is 5.48. The van der Waals surface area contributed by atoms with Crippen LogP contribution in [0.25, 0.3) is 0 Å². The van der Waals surface area contributed by atoms with Crippen molar-refractivity contribution >= 4 is 11.6 Å². The first kappa shape index (κ1) is 15.7. The quantitative estimate of drug-likeness (QED) is 0.776. The van der Waals surface area contributed by atoms with Crippen molar-refractivity contribution in [3.05, 3.63) is 18.2 Å². The van der Waals surface area contributed by atoms with Crippen LogP contribution in [-0.4, -0.2) is 23.7 Å². The largest absolute Gasteiger partial charge is 0.508 e. The van der Waals surface area contributed by atoms with E-state index in [2.05, 4.69) is 6.92 Å². The number of unbranched alkanes of at least 4 members (excludes halogenated alkanes) is 4. The molecule has 116 valence electrons. The van der Waals surface area contributed by atoms with Crippen LogP contribution < -0.4 is 9.64 Å². The predicted molar refractivity (Wildman–Crippen MR) is 83.9 cm³/mol. The number of hydrogen-bond acceptors (Lipinski definition) is 3. The van der Waals surface area contributed by atoms with E-state index in [9.17, 15) is 9.90 Å². The maximum Gasteiger partial charge on any atom is 0.268 e. The van der Waals surface area contributed by atoms with Crippen molar-refractivity contribution in [3.63, 3.8) is 0 Å². The van der Waals surface area contributed by atoms with Gasteiger partial charge in [0.15, 0.2) is 6.10 Å². The Morgan fingerprint density at radius 3 is 2.67 bits per heavy atom. The lowest BCUT2D eigenvalue weighted by Crippen LogP contribution is -2.46. The fraction of sp³-hybridized carbons (Fsp3) is 0.588. The maximum absolute atomic E-state index is 12.5. The third kappa shape index (κ3) is 3.69. The Balaban J connectivity index is 2.09. The predicted octanol–water partition coefficient (Wildman–Crippen LogP) is 3.87. The summed E-state index contributed by atoms with van der Waals surface area (Å²) in [6.07, 6.45) is 6.03. The highest BCUT2D eigenvalue weighted by Crippen LogP contribution is 2.37. The SMILES string of the molecule is CCCCCCCN1C(=O)C(CC)Oc2cc(O)ccc21. The summed E-state index contributed by atoms with van der Waals surface area (Å²) in [6.45, 7) is 4.86. The first-order valence-corrected chi connectivity index (χ1v) is 7.98. The van der Waals surface area contributed by atoms with Gasteiger partial charge in [0, 0.05) is 12.6 Å². The highest BCUT2D eigenvalue weighted by Gasteiger charge is 2.32. The van der Waals surface area contributed by atoms with Gasteiger partial charge in [-0.1, -0.05) is 39.5 Å². The van der Waals surface area contributed by atoms with Crippen LogP contribution in [0.3, 0.4) is 0 Å². The number of carbonyl (C=O) groups is 1. The number of hydrogen-bond donors (Lipinski definition) is 1. The number of ether oxygens (including phenoxy) is 1. The number of phenols is 1. The lowest BCUT2D eigenvalue weighted by molar-refractivity contribution is -0.126. The molecule has 4 nitrogen and oxygen atoms in total. The van der Waals surface area contributed by atoms with Crippen LogP contribution in [0.4, 0.5) is 5.69 Å². The first-order chi connectivity index (χ1) is 10.2. The molecule has 1 aromatic carbocycles. The number of phenolic OH excluding ortho intramolecular Hbond substituents is 1. The summed E-state index contributed by atoms with van der Waals surface area (Å²) in [5.74, 6) is 0.807. The third-order valence-corrected chi connectivity index (χ3v) is 3.90. The molecular weight excluding hydrogens is 266 g/mol. The van der Waals surface area contributed by atoms with Gasteiger partial charge in [-0.2, -0.15) is 0 Å². The molecule has 0 aromatic heterocycles. The van der Waals surface area contributed by atoms with E-state index in [4.69, 9.17) is 4.74 Å². The lowest BCUT2D eigenvalue weighted by Gasteiger charge is -2.34. The number of amides is 1. The van der Waals surface area contributed by atoms with Gasteiger partial charge in [0.25, 0.3) is 5.91 Å². The van der Waals surface area contributed by atoms with Crippen LogP contribution in [0, 0.1) is 0 Å². The number of fused-ring (bicyclic) bond motifs is 1. The zero-order valence-electron chi connectivity index (χ0n) is 13.0. The number of carbonyl (C=O) groups excluding carboxylic acids is 1. The third-order valence-electron chi connectivity index (χ3n) is 3.90. The Hall–Kier alpha value is -1.71. The van der Waals surface area contributed by atoms with Crippen LogP contribution in [-0.2, 0) is 4.79 Å².